The summed E-state index contributed by atoms with van der Waals surface area (Å²) < 4.78 is 0.0999. The van der Waals surface area contributed by atoms with Crippen molar-refractivity contribution in [1.82, 2.24) is 0 Å². The van der Waals surface area contributed by atoms with Gasteiger partial charge in [-0.25, -0.2) is 0 Å². The molecule has 0 aliphatic heterocycles. The molecule has 0 atom stereocenters. The molecule has 1 nitrogen and oxygen atoms in total. The summed E-state index contributed by atoms with van der Waals surface area (Å²) in [5, 5.41) is 0. The highest BCUT2D eigenvalue weighted by atomic mass is 127. The maximum absolute atomic E-state index is 10.9. The van der Waals surface area contributed by atoms with Gasteiger partial charge in [0.1, 0.15) is 0 Å². The highest BCUT2D eigenvalue weighted by Gasteiger charge is 2.01. The van der Waals surface area contributed by atoms with E-state index in [1.54, 1.807) is 22.6 Å². The molecule has 1 aromatic rings. The molecule has 0 saturated carbocycles. The van der Waals surface area contributed by atoms with Crippen LogP contribution in [0.3, 0.4) is 0 Å². The van der Waals surface area contributed by atoms with E-state index in [9.17, 15) is 4.79 Å². The lowest BCUT2D eigenvalue weighted by atomic mass is 10.0. The van der Waals surface area contributed by atoms with E-state index in [-0.39, 0.29) is 3.79 Å². The Hall–Kier alpha value is -0.380. The third-order valence-electron chi connectivity index (χ3n) is 1.80. The van der Waals surface area contributed by atoms with E-state index in [0.29, 0.717) is 5.92 Å². The molecule has 0 radical (unpaired) electrons. The minimum absolute atomic E-state index is 0.0999. The van der Waals surface area contributed by atoms with Gasteiger partial charge in [0.25, 0.3) is 0 Å². The Kier molecular flexibility index (Phi) is 3.26. The van der Waals surface area contributed by atoms with E-state index in [4.69, 9.17) is 0 Å². The average molecular weight is 274 g/mol. The van der Waals surface area contributed by atoms with Crippen LogP contribution in [0.1, 0.15) is 35.7 Å². The molecule has 12 heavy (non-hydrogen) atoms. The van der Waals surface area contributed by atoms with Gasteiger partial charge < -0.3 is 0 Å². The van der Waals surface area contributed by atoms with Crippen LogP contribution in [0, 0.1) is 0 Å². The van der Waals surface area contributed by atoms with Gasteiger partial charge in [-0.3, -0.25) is 4.79 Å². The van der Waals surface area contributed by atoms with E-state index >= 15 is 0 Å². The molecular weight excluding hydrogens is 263 g/mol. The largest absolute Gasteiger partial charge is 0.282 e. The normalized spacial score (nSPS) is 10.3. The van der Waals surface area contributed by atoms with E-state index in [0.717, 1.165) is 5.56 Å². The summed E-state index contributed by atoms with van der Waals surface area (Å²) in [6, 6.07) is 7.78. The molecule has 0 heterocycles. The monoisotopic (exact) mass is 274 g/mol. The molecule has 0 aliphatic carbocycles. The maximum Gasteiger partial charge on any atom is 0.222 e. The molecule has 2 heteroatoms. The first kappa shape index (κ1) is 9.71. The Morgan fingerprint density at radius 3 is 2.08 bits per heavy atom. The molecule has 0 amide bonds. The van der Waals surface area contributed by atoms with Crippen LogP contribution in [0.5, 0.6) is 0 Å². The number of carbonyl (C=O) groups is 1. The lowest BCUT2D eigenvalue weighted by molar-refractivity contribution is 0.110. The molecule has 1 rings (SSSR count). The number of halogens is 1. The van der Waals surface area contributed by atoms with Crippen molar-refractivity contribution in [3.05, 3.63) is 35.4 Å². The van der Waals surface area contributed by atoms with Crippen LogP contribution >= 0.6 is 22.6 Å². The van der Waals surface area contributed by atoms with Gasteiger partial charge >= 0.3 is 0 Å². The van der Waals surface area contributed by atoms with Gasteiger partial charge in [0.15, 0.2) is 0 Å². The first-order chi connectivity index (χ1) is 5.61. The van der Waals surface area contributed by atoms with Crippen LogP contribution < -0.4 is 0 Å². The molecule has 0 fully saturated rings. The Labute approximate surface area is 86.3 Å². The summed E-state index contributed by atoms with van der Waals surface area (Å²) in [6.45, 7) is 4.28. The molecule has 0 aromatic heterocycles. The number of carbonyl (C=O) groups excluding carboxylic acids is 1. The molecular formula is C10H11IO. The topological polar surface area (TPSA) is 17.1 Å². The van der Waals surface area contributed by atoms with Gasteiger partial charge in [0.05, 0.1) is 0 Å². The van der Waals surface area contributed by atoms with Crippen LogP contribution in [-0.4, -0.2) is 3.79 Å². The SMILES string of the molecule is CC(C)c1ccc(C(=O)I)cc1. The van der Waals surface area contributed by atoms with Crippen LogP contribution in [0.15, 0.2) is 24.3 Å². The van der Waals surface area contributed by atoms with Crippen molar-refractivity contribution in [1.29, 1.82) is 0 Å². The summed E-state index contributed by atoms with van der Waals surface area (Å²) in [7, 11) is 0. The van der Waals surface area contributed by atoms with E-state index < -0.39 is 0 Å². The molecule has 0 N–H and O–H groups in total. The smallest absolute Gasteiger partial charge is 0.222 e. The number of benzene rings is 1. The van der Waals surface area contributed by atoms with E-state index in [1.807, 2.05) is 24.3 Å². The predicted molar refractivity (Wildman–Crippen MR) is 58.9 cm³/mol. The molecule has 0 unspecified atom stereocenters. The van der Waals surface area contributed by atoms with Crippen LogP contribution in [0.25, 0.3) is 0 Å². The van der Waals surface area contributed by atoms with Gasteiger partial charge in [-0.2, -0.15) is 0 Å². The van der Waals surface area contributed by atoms with Gasteiger partial charge in [0, 0.05) is 28.2 Å². The Bertz CT molecular complexity index is 274. The summed E-state index contributed by atoms with van der Waals surface area (Å²) in [5.74, 6) is 0.531. The van der Waals surface area contributed by atoms with Crippen LogP contribution in [0.4, 0.5) is 0 Å². The van der Waals surface area contributed by atoms with Crippen molar-refractivity contribution >= 4 is 26.4 Å². The van der Waals surface area contributed by atoms with E-state index in [1.165, 1.54) is 5.56 Å². The lowest BCUT2D eigenvalue weighted by Gasteiger charge is -2.04. The summed E-state index contributed by atoms with van der Waals surface area (Å²) in [5.41, 5.74) is 2.05. The zero-order valence-corrected chi connectivity index (χ0v) is 9.33. The Balaban J connectivity index is 2.93. The third-order valence-corrected chi connectivity index (χ3v) is 2.43. The van der Waals surface area contributed by atoms with Crippen molar-refractivity contribution in [2.75, 3.05) is 0 Å². The van der Waals surface area contributed by atoms with Gasteiger partial charge in [-0.05, 0) is 11.5 Å². The second-order valence-corrected chi connectivity index (χ2v) is 4.03. The fourth-order valence-corrected chi connectivity index (χ4v) is 1.36. The number of hydrogen-bond acceptors (Lipinski definition) is 1. The van der Waals surface area contributed by atoms with Crippen molar-refractivity contribution in [2.24, 2.45) is 0 Å². The van der Waals surface area contributed by atoms with Crippen molar-refractivity contribution < 1.29 is 4.79 Å². The fraction of sp³-hybridized carbons (Fsp3) is 0.300. The van der Waals surface area contributed by atoms with Crippen molar-refractivity contribution in [3.63, 3.8) is 0 Å². The van der Waals surface area contributed by atoms with Gasteiger partial charge in [-0.15, -0.1) is 0 Å². The minimum Gasteiger partial charge on any atom is -0.282 e. The first-order valence-electron chi connectivity index (χ1n) is 3.91. The molecule has 0 aliphatic rings. The quantitative estimate of drug-likeness (QED) is 0.596. The summed E-state index contributed by atoms with van der Waals surface area (Å²) in [4.78, 5) is 10.9. The maximum atomic E-state index is 10.9. The van der Waals surface area contributed by atoms with Crippen LogP contribution in [0.2, 0.25) is 0 Å². The van der Waals surface area contributed by atoms with Crippen molar-refractivity contribution in [3.8, 4) is 0 Å². The average Bonchev–Trinajstić information content (AvgIpc) is 2.04. The highest BCUT2D eigenvalue weighted by molar-refractivity contribution is 14.1. The zero-order chi connectivity index (χ0) is 9.14. The molecule has 64 valence electrons. The highest BCUT2D eigenvalue weighted by Crippen LogP contribution is 2.15. The summed E-state index contributed by atoms with van der Waals surface area (Å²) in [6.07, 6.45) is 0. The predicted octanol–water partition coefficient (Wildman–Crippen LogP) is 3.39. The molecule has 0 saturated heterocycles. The van der Waals surface area contributed by atoms with Crippen LogP contribution in [-0.2, 0) is 0 Å². The molecule has 1 aromatic carbocycles. The second-order valence-electron chi connectivity index (χ2n) is 3.05. The minimum atomic E-state index is 0.0999. The van der Waals surface area contributed by atoms with Crippen molar-refractivity contribution in [2.45, 2.75) is 19.8 Å². The van der Waals surface area contributed by atoms with E-state index in [2.05, 4.69) is 13.8 Å². The second kappa shape index (κ2) is 4.03. The zero-order valence-electron chi connectivity index (χ0n) is 7.17. The first-order valence-corrected chi connectivity index (χ1v) is 4.99. The van der Waals surface area contributed by atoms with Gasteiger partial charge in [-0.1, -0.05) is 38.1 Å². The lowest BCUT2D eigenvalue weighted by Crippen LogP contribution is -1.90. The fourth-order valence-electron chi connectivity index (χ4n) is 0.999. The third kappa shape index (κ3) is 2.30. The Morgan fingerprint density at radius 2 is 1.75 bits per heavy atom. The standard InChI is InChI=1S/C10H11IO/c1-7(2)8-3-5-9(6-4-8)10(11)12/h3-7H,1-2H3. The van der Waals surface area contributed by atoms with Gasteiger partial charge in [0.2, 0.25) is 3.79 Å². The number of hydrogen-bond donors (Lipinski definition) is 0. The number of rotatable bonds is 2. The summed E-state index contributed by atoms with van der Waals surface area (Å²) >= 11 is 1.80. The Morgan fingerprint density at radius 1 is 1.25 bits per heavy atom. The molecule has 0 spiro atoms. The molecule has 0 bridgehead atoms.